The molecule has 0 radical (unpaired) electrons. The molecule has 108 valence electrons. The number of hydrogen-bond donors (Lipinski definition) is 2. The van der Waals surface area contributed by atoms with Crippen molar-refractivity contribution in [3.05, 3.63) is 34.4 Å². The number of aromatic nitrogens is 2. The highest BCUT2D eigenvalue weighted by Crippen LogP contribution is 2.22. The first-order valence-corrected chi connectivity index (χ1v) is 8.06. The van der Waals surface area contributed by atoms with Crippen LogP contribution >= 0.6 is 11.3 Å². The molecule has 7 nitrogen and oxygen atoms in total. The molecular weight excluding hydrogens is 298 g/mol. The fraction of sp³-hybridized carbons (Fsp3) is 0.273. The smallest absolute Gasteiger partial charge is 0.246 e. The van der Waals surface area contributed by atoms with E-state index in [-0.39, 0.29) is 17.3 Å². The summed E-state index contributed by atoms with van der Waals surface area (Å²) < 4.78 is 26.2. The van der Waals surface area contributed by atoms with E-state index in [1.807, 2.05) is 12.3 Å². The van der Waals surface area contributed by atoms with Crippen LogP contribution in [0, 0.1) is 6.92 Å². The van der Waals surface area contributed by atoms with Gasteiger partial charge in [0.2, 0.25) is 10.0 Å². The lowest BCUT2D eigenvalue weighted by atomic mass is 10.5. The Balaban J connectivity index is 2.29. The van der Waals surface area contributed by atoms with Crippen LogP contribution in [0.5, 0.6) is 0 Å². The summed E-state index contributed by atoms with van der Waals surface area (Å²) in [6.45, 7) is 2.08. The monoisotopic (exact) mass is 313 g/mol. The molecule has 0 amide bonds. The van der Waals surface area contributed by atoms with Gasteiger partial charge in [-0.1, -0.05) is 0 Å². The number of hydrazine groups is 1. The Morgan fingerprint density at radius 1 is 1.50 bits per heavy atom. The van der Waals surface area contributed by atoms with E-state index >= 15 is 0 Å². The summed E-state index contributed by atoms with van der Waals surface area (Å²) in [6, 6.07) is 3.01. The summed E-state index contributed by atoms with van der Waals surface area (Å²) in [5.41, 5.74) is 3.01. The minimum Gasteiger partial charge on any atom is -0.307 e. The van der Waals surface area contributed by atoms with Crippen LogP contribution in [0.3, 0.4) is 0 Å². The molecule has 0 aliphatic heterocycles. The molecule has 2 rings (SSSR count). The lowest BCUT2D eigenvalue weighted by molar-refractivity contribution is 0.463. The predicted octanol–water partition coefficient (Wildman–Crippen LogP) is 0.953. The number of nitrogens with two attached hydrogens (primary N) is 1. The Bertz CT molecular complexity index is 698. The van der Waals surface area contributed by atoms with Crippen molar-refractivity contribution >= 4 is 27.2 Å². The number of nitrogen functional groups attached to an aromatic ring is 1. The number of anilines is 1. The number of aryl methyl sites for hydroxylation is 1. The Morgan fingerprint density at radius 3 is 2.85 bits per heavy atom. The molecule has 0 aliphatic rings. The zero-order valence-corrected chi connectivity index (χ0v) is 12.7. The molecule has 0 saturated heterocycles. The van der Waals surface area contributed by atoms with Gasteiger partial charge in [-0.15, -0.1) is 11.3 Å². The molecule has 2 aromatic heterocycles. The van der Waals surface area contributed by atoms with Crippen molar-refractivity contribution in [2.45, 2.75) is 18.4 Å². The lowest BCUT2D eigenvalue weighted by Crippen LogP contribution is -2.28. The average Bonchev–Trinajstić information content (AvgIpc) is 2.84. The van der Waals surface area contributed by atoms with E-state index in [0.29, 0.717) is 5.69 Å². The minimum absolute atomic E-state index is 0.0388. The van der Waals surface area contributed by atoms with E-state index in [4.69, 9.17) is 5.84 Å². The van der Waals surface area contributed by atoms with Crippen LogP contribution in [0.1, 0.15) is 10.7 Å². The number of nitrogens with one attached hydrogen (secondary N) is 1. The molecule has 2 aromatic rings. The normalized spacial score (nSPS) is 11.8. The highest BCUT2D eigenvalue weighted by Gasteiger charge is 2.25. The lowest BCUT2D eigenvalue weighted by Gasteiger charge is -2.17. The minimum atomic E-state index is -3.68. The van der Waals surface area contributed by atoms with Crippen LogP contribution in [0.2, 0.25) is 0 Å². The number of sulfonamides is 1. The summed E-state index contributed by atoms with van der Waals surface area (Å²) in [7, 11) is -2.18. The van der Waals surface area contributed by atoms with Crippen molar-refractivity contribution in [2.24, 2.45) is 5.84 Å². The predicted molar refractivity (Wildman–Crippen MR) is 77.6 cm³/mol. The van der Waals surface area contributed by atoms with Gasteiger partial charge in [-0.2, -0.15) is 4.31 Å². The molecule has 0 atom stereocenters. The van der Waals surface area contributed by atoms with Gasteiger partial charge in [0.1, 0.15) is 4.90 Å². The molecule has 0 saturated carbocycles. The molecule has 20 heavy (non-hydrogen) atoms. The quantitative estimate of drug-likeness (QED) is 0.629. The molecule has 9 heteroatoms. The van der Waals surface area contributed by atoms with Gasteiger partial charge < -0.3 is 5.43 Å². The van der Waals surface area contributed by atoms with Crippen LogP contribution in [0.4, 0.5) is 5.82 Å². The van der Waals surface area contributed by atoms with Crippen molar-refractivity contribution in [2.75, 3.05) is 12.5 Å². The van der Waals surface area contributed by atoms with Crippen LogP contribution in [-0.4, -0.2) is 29.7 Å². The second-order valence-electron chi connectivity index (χ2n) is 4.11. The maximum Gasteiger partial charge on any atom is 0.246 e. The van der Waals surface area contributed by atoms with E-state index in [1.165, 1.54) is 35.0 Å². The largest absolute Gasteiger partial charge is 0.307 e. The van der Waals surface area contributed by atoms with E-state index in [9.17, 15) is 8.42 Å². The molecule has 0 spiro atoms. The van der Waals surface area contributed by atoms with E-state index in [1.54, 1.807) is 6.07 Å². The molecule has 0 unspecified atom stereocenters. The highest BCUT2D eigenvalue weighted by molar-refractivity contribution is 7.89. The number of rotatable bonds is 5. The van der Waals surface area contributed by atoms with E-state index in [2.05, 4.69) is 15.4 Å². The third-order valence-electron chi connectivity index (χ3n) is 2.65. The molecule has 0 bridgehead atoms. The van der Waals surface area contributed by atoms with Gasteiger partial charge in [0.05, 0.1) is 17.2 Å². The highest BCUT2D eigenvalue weighted by atomic mass is 32.2. The molecular formula is C11H15N5O2S2. The van der Waals surface area contributed by atoms with Gasteiger partial charge in [0.15, 0.2) is 5.82 Å². The number of nitrogens with zero attached hydrogens (tertiary/aromatic N) is 3. The van der Waals surface area contributed by atoms with Crippen molar-refractivity contribution in [3.8, 4) is 0 Å². The van der Waals surface area contributed by atoms with Crippen molar-refractivity contribution in [1.82, 2.24) is 14.3 Å². The number of thiazole rings is 1. The SMILES string of the molecule is Cc1nc(CN(C)S(=O)(=O)c2cccnc2NN)cs1. The zero-order chi connectivity index (χ0) is 14.8. The molecule has 2 heterocycles. The zero-order valence-electron chi connectivity index (χ0n) is 11.1. The Hall–Kier alpha value is -1.55. The standard InChI is InChI=1S/C11H15N5O2S2/c1-8-14-9(7-19-8)6-16(2)20(17,18)10-4-3-5-13-11(10)15-12/h3-5,7H,6,12H2,1-2H3,(H,13,15). The van der Waals surface area contributed by atoms with Crippen LogP contribution in [0.15, 0.2) is 28.6 Å². The molecule has 0 fully saturated rings. The first-order valence-electron chi connectivity index (χ1n) is 5.74. The maximum absolute atomic E-state index is 12.5. The second kappa shape index (κ2) is 5.83. The van der Waals surface area contributed by atoms with Crippen LogP contribution < -0.4 is 11.3 Å². The van der Waals surface area contributed by atoms with Gasteiger partial charge in [0, 0.05) is 18.6 Å². The summed E-state index contributed by atoms with van der Waals surface area (Å²) in [5, 5.41) is 2.74. The van der Waals surface area contributed by atoms with Crippen LogP contribution in [0.25, 0.3) is 0 Å². The van der Waals surface area contributed by atoms with E-state index < -0.39 is 10.0 Å². The first-order chi connectivity index (χ1) is 9.45. The van der Waals surface area contributed by atoms with Crippen molar-refractivity contribution < 1.29 is 8.42 Å². The van der Waals surface area contributed by atoms with Gasteiger partial charge in [-0.3, -0.25) is 0 Å². The first kappa shape index (κ1) is 14.9. The number of hydrogen-bond acceptors (Lipinski definition) is 7. The third-order valence-corrected chi connectivity index (χ3v) is 5.30. The van der Waals surface area contributed by atoms with Crippen molar-refractivity contribution in [3.63, 3.8) is 0 Å². The molecule has 0 aliphatic carbocycles. The van der Waals surface area contributed by atoms with E-state index in [0.717, 1.165) is 5.01 Å². The van der Waals surface area contributed by atoms with Crippen LogP contribution in [-0.2, 0) is 16.6 Å². The third kappa shape index (κ3) is 2.96. The molecule has 3 N–H and O–H groups in total. The Labute approximate surface area is 121 Å². The Kier molecular flexibility index (Phi) is 4.33. The molecule has 0 aromatic carbocycles. The second-order valence-corrected chi connectivity index (χ2v) is 7.19. The van der Waals surface area contributed by atoms with Gasteiger partial charge in [-0.25, -0.2) is 24.2 Å². The number of pyridine rings is 1. The fourth-order valence-corrected chi connectivity index (χ4v) is 3.52. The summed E-state index contributed by atoms with van der Waals surface area (Å²) in [5.74, 6) is 5.42. The maximum atomic E-state index is 12.5. The van der Waals surface area contributed by atoms with Crippen molar-refractivity contribution in [1.29, 1.82) is 0 Å². The summed E-state index contributed by atoms with van der Waals surface area (Å²) in [6.07, 6.45) is 1.47. The topological polar surface area (TPSA) is 101 Å². The summed E-state index contributed by atoms with van der Waals surface area (Å²) >= 11 is 1.48. The Morgan fingerprint density at radius 2 is 2.25 bits per heavy atom. The van der Waals surface area contributed by atoms with Gasteiger partial charge >= 0.3 is 0 Å². The average molecular weight is 313 g/mol. The summed E-state index contributed by atoms with van der Waals surface area (Å²) in [4.78, 5) is 8.20. The van der Waals surface area contributed by atoms with Gasteiger partial charge in [0.25, 0.3) is 0 Å². The fourth-order valence-electron chi connectivity index (χ4n) is 1.67. The van der Waals surface area contributed by atoms with Gasteiger partial charge in [-0.05, 0) is 19.1 Å².